The fourth-order valence-corrected chi connectivity index (χ4v) is 2.42. The predicted octanol–water partition coefficient (Wildman–Crippen LogP) is 2.05. The second kappa shape index (κ2) is 5.05. The second-order valence-electron chi connectivity index (χ2n) is 4.94. The molecule has 0 aliphatic rings. The van der Waals surface area contributed by atoms with Crippen LogP contribution in [0.5, 0.6) is 5.75 Å². The van der Waals surface area contributed by atoms with Gasteiger partial charge in [-0.25, -0.2) is 9.50 Å². The van der Waals surface area contributed by atoms with Crippen molar-refractivity contribution in [3.8, 4) is 17.1 Å². The van der Waals surface area contributed by atoms with Crippen molar-refractivity contribution >= 4 is 5.52 Å². The topological polar surface area (TPSA) is 83.3 Å². The molecule has 0 spiro atoms. The maximum Gasteiger partial charge on any atom is 0.277 e. The van der Waals surface area contributed by atoms with Gasteiger partial charge in [-0.1, -0.05) is 19.1 Å². The molecule has 6 heteroatoms. The van der Waals surface area contributed by atoms with Crippen molar-refractivity contribution in [2.75, 3.05) is 0 Å². The number of imidazole rings is 1. The number of hydrogen-bond acceptors (Lipinski definition) is 4. The van der Waals surface area contributed by atoms with Crippen LogP contribution in [0.15, 0.2) is 29.1 Å². The zero-order chi connectivity index (χ0) is 15.0. The lowest BCUT2D eigenvalue weighted by Gasteiger charge is -2.05. The summed E-state index contributed by atoms with van der Waals surface area (Å²) in [5.74, 6) is 1.17. The van der Waals surface area contributed by atoms with Crippen LogP contribution in [0.2, 0.25) is 0 Å². The third-order valence-electron chi connectivity index (χ3n) is 3.38. The molecule has 0 bridgehead atoms. The van der Waals surface area contributed by atoms with Crippen molar-refractivity contribution in [2.24, 2.45) is 0 Å². The normalized spacial score (nSPS) is 11.1. The number of aryl methyl sites for hydroxylation is 2. The Hall–Kier alpha value is -2.63. The van der Waals surface area contributed by atoms with Gasteiger partial charge in [0.05, 0.1) is 11.3 Å². The largest absolute Gasteiger partial charge is 0.507 e. The van der Waals surface area contributed by atoms with Gasteiger partial charge in [-0.2, -0.15) is 0 Å². The van der Waals surface area contributed by atoms with E-state index in [1.165, 1.54) is 0 Å². The molecule has 0 radical (unpaired) electrons. The minimum atomic E-state index is -0.254. The van der Waals surface area contributed by atoms with Gasteiger partial charge in [0, 0.05) is 6.42 Å². The third-order valence-corrected chi connectivity index (χ3v) is 3.38. The fraction of sp³-hybridized carbons (Fsp3) is 0.267. The molecule has 108 valence electrons. The molecule has 0 saturated carbocycles. The second-order valence-corrected chi connectivity index (χ2v) is 4.94. The van der Waals surface area contributed by atoms with E-state index < -0.39 is 0 Å². The first-order chi connectivity index (χ1) is 10.1. The van der Waals surface area contributed by atoms with Crippen LogP contribution in [0.1, 0.15) is 24.9 Å². The zero-order valence-electron chi connectivity index (χ0n) is 11.9. The average molecular weight is 284 g/mol. The SMILES string of the molecule is CCCc1nc(C)c2c(=O)[nH]c(-c3ccccc3O)nn12. The van der Waals surface area contributed by atoms with E-state index in [9.17, 15) is 9.90 Å². The van der Waals surface area contributed by atoms with E-state index in [2.05, 4.69) is 15.1 Å². The van der Waals surface area contributed by atoms with Gasteiger partial charge in [0.15, 0.2) is 11.3 Å². The van der Waals surface area contributed by atoms with E-state index in [-0.39, 0.29) is 11.3 Å². The van der Waals surface area contributed by atoms with Crippen molar-refractivity contribution < 1.29 is 5.11 Å². The van der Waals surface area contributed by atoms with E-state index in [0.29, 0.717) is 22.6 Å². The summed E-state index contributed by atoms with van der Waals surface area (Å²) in [6, 6.07) is 6.78. The Labute approximate surface area is 121 Å². The van der Waals surface area contributed by atoms with Crippen LogP contribution in [-0.2, 0) is 6.42 Å². The molecule has 3 rings (SSSR count). The maximum atomic E-state index is 12.3. The van der Waals surface area contributed by atoms with Crippen molar-refractivity contribution in [3.05, 3.63) is 46.1 Å². The molecule has 6 nitrogen and oxygen atoms in total. The Morgan fingerprint density at radius 2 is 2.10 bits per heavy atom. The number of nitrogens with zero attached hydrogens (tertiary/aromatic N) is 3. The van der Waals surface area contributed by atoms with Gasteiger partial charge < -0.3 is 10.1 Å². The molecular weight excluding hydrogens is 268 g/mol. The summed E-state index contributed by atoms with van der Waals surface area (Å²) in [6.45, 7) is 3.85. The van der Waals surface area contributed by atoms with Gasteiger partial charge in [0.1, 0.15) is 11.6 Å². The van der Waals surface area contributed by atoms with E-state index in [1.807, 2.05) is 6.92 Å². The molecule has 0 unspecified atom stereocenters. The number of H-pyrrole nitrogens is 1. The molecule has 0 amide bonds. The van der Waals surface area contributed by atoms with E-state index in [4.69, 9.17) is 0 Å². The van der Waals surface area contributed by atoms with Crippen molar-refractivity contribution in [1.29, 1.82) is 0 Å². The number of para-hydroxylation sites is 1. The number of nitrogens with one attached hydrogen (secondary N) is 1. The highest BCUT2D eigenvalue weighted by Crippen LogP contribution is 2.25. The number of phenolic OH excluding ortho intramolecular Hbond substituents is 1. The van der Waals surface area contributed by atoms with Crippen LogP contribution < -0.4 is 5.56 Å². The molecule has 2 aromatic heterocycles. The highest BCUT2D eigenvalue weighted by molar-refractivity contribution is 5.64. The zero-order valence-corrected chi connectivity index (χ0v) is 11.9. The lowest BCUT2D eigenvalue weighted by molar-refractivity contribution is 0.476. The average Bonchev–Trinajstić information content (AvgIpc) is 2.77. The van der Waals surface area contributed by atoms with Crippen LogP contribution in [0.3, 0.4) is 0 Å². The first-order valence-corrected chi connectivity index (χ1v) is 6.88. The third kappa shape index (κ3) is 2.18. The van der Waals surface area contributed by atoms with Crippen molar-refractivity contribution in [3.63, 3.8) is 0 Å². The number of fused-ring (bicyclic) bond motifs is 1. The minimum absolute atomic E-state index is 0.0777. The molecular formula is C15H16N4O2. The number of rotatable bonds is 3. The maximum absolute atomic E-state index is 12.3. The smallest absolute Gasteiger partial charge is 0.277 e. The van der Waals surface area contributed by atoms with Gasteiger partial charge >= 0.3 is 0 Å². The van der Waals surface area contributed by atoms with Crippen molar-refractivity contribution in [2.45, 2.75) is 26.7 Å². The minimum Gasteiger partial charge on any atom is -0.507 e. The van der Waals surface area contributed by atoms with Gasteiger partial charge in [-0.05, 0) is 25.5 Å². The molecule has 3 aromatic rings. The molecule has 0 atom stereocenters. The lowest BCUT2D eigenvalue weighted by Crippen LogP contribution is -2.15. The van der Waals surface area contributed by atoms with E-state index in [1.54, 1.807) is 35.7 Å². The molecule has 0 aliphatic carbocycles. The summed E-state index contributed by atoms with van der Waals surface area (Å²) < 4.78 is 1.58. The molecule has 21 heavy (non-hydrogen) atoms. The number of aromatic nitrogens is 4. The quantitative estimate of drug-likeness (QED) is 0.771. The highest BCUT2D eigenvalue weighted by Gasteiger charge is 2.15. The Bertz CT molecular complexity index is 864. The fourth-order valence-electron chi connectivity index (χ4n) is 2.42. The summed E-state index contributed by atoms with van der Waals surface area (Å²) in [5.41, 5.74) is 1.36. The van der Waals surface area contributed by atoms with Crippen LogP contribution in [0, 0.1) is 6.92 Å². The number of aromatic hydroxyl groups is 1. The van der Waals surface area contributed by atoms with E-state index >= 15 is 0 Å². The van der Waals surface area contributed by atoms with Gasteiger partial charge in [-0.15, -0.1) is 5.10 Å². The predicted molar refractivity (Wildman–Crippen MR) is 79.4 cm³/mol. The molecule has 0 saturated heterocycles. The van der Waals surface area contributed by atoms with E-state index in [0.717, 1.165) is 18.7 Å². The van der Waals surface area contributed by atoms with Gasteiger partial charge in [0.2, 0.25) is 0 Å². The Morgan fingerprint density at radius 1 is 1.33 bits per heavy atom. The first kappa shape index (κ1) is 13.4. The van der Waals surface area contributed by atoms with Crippen LogP contribution in [0.4, 0.5) is 0 Å². The number of aromatic amines is 1. The standard InChI is InChI=1S/C15H16N4O2/c1-3-6-12-16-9(2)13-15(21)17-14(18-19(12)13)10-7-4-5-8-11(10)20/h4-5,7-8,20H,3,6H2,1-2H3,(H,17,18,21). The molecule has 1 aromatic carbocycles. The molecule has 0 fully saturated rings. The number of phenols is 1. The van der Waals surface area contributed by atoms with Crippen LogP contribution >= 0.6 is 0 Å². The Balaban J connectivity index is 2.30. The summed E-state index contributed by atoms with van der Waals surface area (Å²) in [7, 11) is 0. The Morgan fingerprint density at radius 3 is 2.81 bits per heavy atom. The summed E-state index contributed by atoms with van der Waals surface area (Å²) >= 11 is 0. The highest BCUT2D eigenvalue weighted by atomic mass is 16.3. The molecule has 2 N–H and O–H groups in total. The van der Waals surface area contributed by atoms with Crippen LogP contribution in [0.25, 0.3) is 16.9 Å². The number of hydrogen-bond donors (Lipinski definition) is 2. The molecule has 2 heterocycles. The molecule has 0 aliphatic heterocycles. The first-order valence-electron chi connectivity index (χ1n) is 6.88. The Kier molecular flexibility index (Phi) is 3.21. The number of benzene rings is 1. The van der Waals surface area contributed by atoms with Crippen molar-refractivity contribution in [1.82, 2.24) is 19.6 Å². The van der Waals surface area contributed by atoms with Gasteiger partial charge in [0.25, 0.3) is 5.56 Å². The summed E-state index contributed by atoms with van der Waals surface area (Å²) in [5, 5.41) is 14.4. The van der Waals surface area contributed by atoms with Gasteiger partial charge in [-0.3, -0.25) is 4.79 Å². The summed E-state index contributed by atoms with van der Waals surface area (Å²) in [4.78, 5) is 19.4. The van der Waals surface area contributed by atoms with Crippen LogP contribution in [-0.4, -0.2) is 24.7 Å². The lowest BCUT2D eigenvalue weighted by atomic mass is 10.2. The monoisotopic (exact) mass is 284 g/mol. The summed E-state index contributed by atoms with van der Waals surface area (Å²) in [6.07, 6.45) is 1.66.